The highest BCUT2D eigenvalue weighted by Crippen LogP contribution is 2.22. The van der Waals surface area contributed by atoms with E-state index in [2.05, 4.69) is 4.98 Å². The summed E-state index contributed by atoms with van der Waals surface area (Å²) < 4.78 is 19.1. The van der Waals surface area contributed by atoms with Gasteiger partial charge < -0.3 is 10.5 Å². The molecule has 0 saturated carbocycles. The van der Waals surface area contributed by atoms with Gasteiger partial charge in [-0.05, 0) is 31.5 Å². The molecule has 0 radical (unpaired) electrons. The van der Waals surface area contributed by atoms with Gasteiger partial charge >= 0.3 is 0 Å². The number of rotatable bonds is 4. The molecule has 1 aromatic heterocycles. The van der Waals surface area contributed by atoms with Crippen LogP contribution in [-0.2, 0) is 6.61 Å². The number of nitrogens with zero attached hydrogens (tertiary/aromatic N) is 1. The maximum atomic E-state index is 13.7. The molecule has 0 fully saturated rings. The lowest BCUT2D eigenvalue weighted by Crippen LogP contribution is -2.06. The molecule has 0 aliphatic heterocycles. The molecule has 0 aliphatic rings. The lowest BCUT2D eigenvalue weighted by Gasteiger charge is -2.09. The van der Waals surface area contributed by atoms with Crippen molar-refractivity contribution in [2.24, 2.45) is 5.73 Å². The van der Waals surface area contributed by atoms with Crippen LogP contribution in [0.15, 0.2) is 23.6 Å². The number of benzene rings is 1. The number of thiazole rings is 1. The van der Waals surface area contributed by atoms with Gasteiger partial charge in [-0.2, -0.15) is 0 Å². The first kappa shape index (κ1) is 13.0. The Morgan fingerprint density at radius 1 is 1.50 bits per heavy atom. The van der Waals surface area contributed by atoms with Crippen molar-refractivity contribution in [3.8, 4) is 5.75 Å². The van der Waals surface area contributed by atoms with Crippen molar-refractivity contribution in [2.75, 3.05) is 0 Å². The standard InChI is InChI=1S/C13H15FN2OS/c1-8-7-18-13(16-8)6-17-12-4-3-10(9(2)15)5-11(12)14/h3-5,7,9H,6,15H2,1-2H3/t9-/m1/s1. The molecule has 1 aromatic carbocycles. The molecule has 0 amide bonds. The molecule has 0 bridgehead atoms. The first-order valence-electron chi connectivity index (χ1n) is 5.65. The topological polar surface area (TPSA) is 48.1 Å². The van der Waals surface area contributed by atoms with Crippen LogP contribution in [0.3, 0.4) is 0 Å². The monoisotopic (exact) mass is 266 g/mol. The number of nitrogens with two attached hydrogens (primary N) is 1. The fourth-order valence-electron chi connectivity index (χ4n) is 1.53. The van der Waals surface area contributed by atoms with Gasteiger partial charge in [-0.1, -0.05) is 6.07 Å². The lowest BCUT2D eigenvalue weighted by atomic mass is 10.1. The maximum Gasteiger partial charge on any atom is 0.165 e. The van der Waals surface area contributed by atoms with Crippen molar-refractivity contribution in [2.45, 2.75) is 26.5 Å². The van der Waals surface area contributed by atoms with E-state index in [1.807, 2.05) is 19.2 Å². The maximum absolute atomic E-state index is 13.7. The van der Waals surface area contributed by atoms with Crippen molar-refractivity contribution >= 4 is 11.3 Å². The predicted octanol–water partition coefficient (Wildman–Crippen LogP) is 3.19. The summed E-state index contributed by atoms with van der Waals surface area (Å²) in [6.07, 6.45) is 0. The van der Waals surface area contributed by atoms with Crippen LogP contribution in [0.1, 0.15) is 29.2 Å². The normalized spacial score (nSPS) is 12.4. The third kappa shape index (κ3) is 3.05. The number of aryl methyl sites for hydroxylation is 1. The van der Waals surface area contributed by atoms with Gasteiger partial charge in [0.25, 0.3) is 0 Å². The Hall–Kier alpha value is -1.46. The Morgan fingerprint density at radius 3 is 2.83 bits per heavy atom. The third-order valence-electron chi connectivity index (χ3n) is 2.50. The first-order valence-corrected chi connectivity index (χ1v) is 6.53. The highest BCUT2D eigenvalue weighted by molar-refractivity contribution is 7.09. The molecule has 18 heavy (non-hydrogen) atoms. The predicted molar refractivity (Wildman–Crippen MR) is 70.2 cm³/mol. The number of hydrogen-bond donors (Lipinski definition) is 1. The number of aromatic nitrogens is 1. The van der Waals surface area contributed by atoms with Crippen molar-refractivity contribution in [3.63, 3.8) is 0 Å². The minimum absolute atomic E-state index is 0.185. The molecule has 2 N–H and O–H groups in total. The fraction of sp³-hybridized carbons (Fsp3) is 0.308. The molecule has 1 heterocycles. The highest BCUT2D eigenvalue weighted by Gasteiger charge is 2.08. The van der Waals surface area contributed by atoms with Crippen LogP contribution >= 0.6 is 11.3 Å². The van der Waals surface area contributed by atoms with Gasteiger partial charge in [0, 0.05) is 17.1 Å². The fourth-order valence-corrected chi connectivity index (χ4v) is 2.21. The zero-order valence-electron chi connectivity index (χ0n) is 10.3. The van der Waals surface area contributed by atoms with E-state index in [4.69, 9.17) is 10.5 Å². The average molecular weight is 266 g/mol. The Balaban J connectivity index is 2.05. The van der Waals surface area contributed by atoms with Crippen molar-refractivity contribution in [1.29, 1.82) is 0 Å². The lowest BCUT2D eigenvalue weighted by molar-refractivity contribution is 0.289. The van der Waals surface area contributed by atoms with E-state index >= 15 is 0 Å². The molecule has 2 rings (SSSR count). The summed E-state index contributed by atoms with van der Waals surface area (Å²) in [5.41, 5.74) is 7.39. The second-order valence-electron chi connectivity index (χ2n) is 4.15. The van der Waals surface area contributed by atoms with E-state index in [0.717, 1.165) is 16.3 Å². The summed E-state index contributed by atoms with van der Waals surface area (Å²) in [4.78, 5) is 4.25. The van der Waals surface area contributed by atoms with Gasteiger partial charge in [0.2, 0.25) is 0 Å². The Labute approximate surface area is 109 Å². The molecular formula is C13H15FN2OS. The van der Waals surface area contributed by atoms with Gasteiger partial charge in [-0.3, -0.25) is 0 Å². The van der Waals surface area contributed by atoms with E-state index in [9.17, 15) is 4.39 Å². The second kappa shape index (κ2) is 5.46. The number of ether oxygens (including phenoxy) is 1. The molecule has 0 saturated heterocycles. The molecule has 2 aromatic rings. The molecule has 96 valence electrons. The molecule has 1 atom stereocenters. The largest absolute Gasteiger partial charge is 0.483 e. The zero-order valence-corrected chi connectivity index (χ0v) is 11.1. The van der Waals surface area contributed by atoms with Crippen LogP contribution in [0.25, 0.3) is 0 Å². The first-order chi connectivity index (χ1) is 8.56. The number of halogens is 1. The van der Waals surface area contributed by atoms with E-state index in [-0.39, 0.29) is 18.4 Å². The molecule has 5 heteroatoms. The average Bonchev–Trinajstić information content (AvgIpc) is 2.73. The van der Waals surface area contributed by atoms with Crippen LogP contribution in [0.4, 0.5) is 4.39 Å². The van der Waals surface area contributed by atoms with Crippen molar-refractivity contribution in [3.05, 3.63) is 45.7 Å². The minimum atomic E-state index is -0.391. The third-order valence-corrected chi connectivity index (χ3v) is 3.44. The van der Waals surface area contributed by atoms with Gasteiger partial charge in [0.1, 0.15) is 11.6 Å². The van der Waals surface area contributed by atoms with Crippen LogP contribution < -0.4 is 10.5 Å². The van der Waals surface area contributed by atoms with Crippen LogP contribution in [0.2, 0.25) is 0 Å². The molecule has 0 spiro atoms. The van der Waals surface area contributed by atoms with Crippen molar-refractivity contribution in [1.82, 2.24) is 4.98 Å². The van der Waals surface area contributed by atoms with Crippen LogP contribution in [0, 0.1) is 12.7 Å². The van der Waals surface area contributed by atoms with E-state index < -0.39 is 5.82 Å². The van der Waals surface area contributed by atoms with E-state index in [0.29, 0.717) is 0 Å². The summed E-state index contributed by atoms with van der Waals surface area (Å²) in [6.45, 7) is 4.01. The Kier molecular flexibility index (Phi) is 3.93. The second-order valence-corrected chi connectivity index (χ2v) is 5.09. The summed E-state index contributed by atoms with van der Waals surface area (Å²) in [6, 6.07) is 4.60. The molecule has 0 aliphatic carbocycles. The molecular weight excluding hydrogens is 251 g/mol. The Bertz CT molecular complexity index is 540. The molecule has 3 nitrogen and oxygen atoms in total. The smallest absolute Gasteiger partial charge is 0.165 e. The highest BCUT2D eigenvalue weighted by atomic mass is 32.1. The SMILES string of the molecule is Cc1csc(COc2ccc([C@@H](C)N)cc2F)n1. The quantitative estimate of drug-likeness (QED) is 0.924. The summed E-state index contributed by atoms with van der Waals surface area (Å²) in [5, 5.41) is 2.78. The van der Waals surface area contributed by atoms with Gasteiger partial charge in [-0.15, -0.1) is 11.3 Å². The minimum Gasteiger partial charge on any atom is -0.483 e. The number of hydrogen-bond acceptors (Lipinski definition) is 4. The zero-order chi connectivity index (χ0) is 13.1. The van der Waals surface area contributed by atoms with Gasteiger partial charge in [0.15, 0.2) is 11.6 Å². The van der Waals surface area contributed by atoms with Gasteiger partial charge in [0.05, 0.1) is 0 Å². The summed E-state index contributed by atoms with van der Waals surface area (Å²) >= 11 is 1.50. The summed E-state index contributed by atoms with van der Waals surface area (Å²) in [5.74, 6) is -0.162. The molecule has 0 unspecified atom stereocenters. The van der Waals surface area contributed by atoms with Crippen molar-refractivity contribution < 1.29 is 9.13 Å². The van der Waals surface area contributed by atoms with Crippen LogP contribution in [0.5, 0.6) is 5.75 Å². The summed E-state index contributed by atoms with van der Waals surface area (Å²) in [7, 11) is 0. The van der Waals surface area contributed by atoms with Crippen LogP contribution in [-0.4, -0.2) is 4.98 Å². The van der Waals surface area contributed by atoms with Gasteiger partial charge in [-0.25, -0.2) is 9.37 Å². The van der Waals surface area contributed by atoms with E-state index in [1.54, 1.807) is 12.1 Å². The van der Waals surface area contributed by atoms with E-state index in [1.165, 1.54) is 17.4 Å². The Morgan fingerprint density at radius 2 is 2.28 bits per heavy atom.